The van der Waals surface area contributed by atoms with Crippen LogP contribution in [0.5, 0.6) is 0 Å². The third kappa shape index (κ3) is 5.68. The minimum absolute atomic E-state index is 0.0404. The second kappa shape index (κ2) is 10.9. The Hall–Kier alpha value is -3.44. The average molecular weight is 443 g/mol. The van der Waals surface area contributed by atoms with E-state index in [1.807, 2.05) is 83.8 Å². The van der Waals surface area contributed by atoms with Gasteiger partial charge >= 0.3 is 5.97 Å². The number of carboxylic acids is 1. The van der Waals surface area contributed by atoms with E-state index in [2.05, 4.69) is 17.0 Å². The van der Waals surface area contributed by atoms with Crippen molar-refractivity contribution in [1.82, 2.24) is 9.80 Å². The fourth-order valence-electron chi connectivity index (χ4n) is 4.70. The van der Waals surface area contributed by atoms with Crippen LogP contribution in [0, 0.1) is 0 Å². The van der Waals surface area contributed by atoms with Gasteiger partial charge < -0.3 is 10.0 Å². The highest BCUT2D eigenvalue weighted by Crippen LogP contribution is 2.30. The summed E-state index contributed by atoms with van der Waals surface area (Å²) in [6.45, 7) is 2.71. The lowest BCUT2D eigenvalue weighted by Crippen LogP contribution is -2.51. The quantitative estimate of drug-likeness (QED) is 0.555. The maximum absolute atomic E-state index is 13.7. The lowest BCUT2D eigenvalue weighted by molar-refractivity contribution is -0.137. The van der Waals surface area contributed by atoms with E-state index in [1.165, 1.54) is 0 Å². The SMILES string of the molecule is O=C(O)CC[C@@H](c1ccccc1)N1CCN(C(=O)C(c2ccccc2)c2ccccc2)CC1. The summed E-state index contributed by atoms with van der Waals surface area (Å²) in [6.07, 6.45) is 0.687. The van der Waals surface area contributed by atoms with Gasteiger partial charge in [0.1, 0.15) is 0 Å². The fourth-order valence-corrected chi connectivity index (χ4v) is 4.70. The molecule has 0 radical (unpaired) electrons. The van der Waals surface area contributed by atoms with Crippen LogP contribution in [0.2, 0.25) is 0 Å². The Balaban J connectivity index is 1.49. The molecule has 5 heteroatoms. The molecule has 0 unspecified atom stereocenters. The van der Waals surface area contributed by atoms with E-state index >= 15 is 0 Å². The van der Waals surface area contributed by atoms with Crippen LogP contribution in [0.15, 0.2) is 91.0 Å². The number of benzene rings is 3. The van der Waals surface area contributed by atoms with Crippen molar-refractivity contribution in [1.29, 1.82) is 0 Å². The van der Waals surface area contributed by atoms with Crippen molar-refractivity contribution in [3.63, 3.8) is 0 Å². The summed E-state index contributed by atoms with van der Waals surface area (Å²) in [6, 6.07) is 30.0. The molecule has 1 aliphatic heterocycles. The van der Waals surface area contributed by atoms with Crippen molar-refractivity contribution in [3.8, 4) is 0 Å². The smallest absolute Gasteiger partial charge is 0.303 e. The van der Waals surface area contributed by atoms with Crippen LogP contribution in [-0.4, -0.2) is 53.0 Å². The summed E-state index contributed by atoms with van der Waals surface area (Å²) in [4.78, 5) is 29.2. The molecule has 1 heterocycles. The monoisotopic (exact) mass is 442 g/mol. The second-order valence-corrected chi connectivity index (χ2v) is 8.47. The molecular formula is C28H30N2O3. The van der Waals surface area contributed by atoms with Crippen molar-refractivity contribution in [2.45, 2.75) is 24.8 Å². The predicted molar refractivity (Wildman–Crippen MR) is 129 cm³/mol. The van der Waals surface area contributed by atoms with Crippen LogP contribution in [0.4, 0.5) is 0 Å². The molecule has 5 nitrogen and oxygen atoms in total. The molecule has 0 saturated carbocycles. The van der Waals surface area contributed by atoms with Crippen molar-refractivity contribution < 1.29 is 14.7 Å². The molecule has 1 fully saturated rings. The molecule has 0 aromatic heterocycles. The fraction of sp³-hybridized carbons (Fsp3) is 0.286. The Morgan fingerprint density at radius 1 is 0.697 bits per heavy atom. The number of amides is 1. The first-order valence-electron chi connectivity index (χ1n) is 11.5. The van der Waals surface area contributed by atoms with Gasteiger partial charge in [0.05, 0.1) is 5.92 Å². The summed E-state index contributed by atoms with van der Waals surface area (Å²) in [5, 5.41) is 9.23. The van der Waals surface area contributed by atoms with Crippen molar-refractivity contribution >= 4 is 11.9 Å². The number of rotatable bonds is 8. The number of nitrogens with zero attached hydrogens (tertiary/aromatic N) is 2. The third-order valence-corrected chi connectivity index (χ3v) is 6.40. The summed E-state index contributed by atoms with van der Waals surface area (Å²) in [5.41, 5.74) is 3.13. The van der Waals surface area contributed by atoms with Gasteiger partial charge in [0.25, 0.3) is 0 Å². The molecule has 3 aromatic rings. The van der Waals surface area contributed by atoms with E-state index in [4.69, 9.17) is 0 Å². The minimum atomic E-state index is -0.779. The first-order chi connectivity index (χ1) is 16.1. The number of carboxylic acid groups (broad SMARTS) is 1. The maximum atomic E-state index is 13.7. The number of carbonyl (C=O) groups is 2. The van der Waals surface area contributed by atoms with Gasteiger partial charge in [-0.15, -0.1) is 0 Å². The van der Waals surface area contributed by atoms with E-state index in [1.54, 1.807) is 0 Å². The molecule has 1 aliphatic rings. The lowest BCUT2D eigenvalue weighted by atomic mass is 9.89. The van der Waals surface area contributed by atoms with Gasteiger partial charge in [-0.1, -0.05) is 91.0 Å². The molecule has 170 valence electrons. The van der Waals surface area contributed by atoms with Crippen LogP contribution in [-0.2, 0) is 9.59 Å². The van der Waals surface area contributed by atoms with E-state index in [9.17, 15) is 14.7 Å². The number of piperazine rings is 1. The molecule has 0 aliphatic carbocycles. The molecule has 3 aromatic carbocycles. The first kappa shape index (κ1) is 22.7. The Labute approximate surface area is 195 Å². The molecule has 0 spiro atoms. The van der Waals surface area contributed by atoms with Gasteiger partial charge in [-0.2, -0.15) is 0 Å². The summed E-state index contributed by atoms with van der Waals surface area (Å²) in [5.74, 6) is -0.983. The van der Waals surface area contributed by atoms with Gasteiger partial charge in [-0.3, -0.25) is 14.5 Å². The van der Waals surface area contributed by atoms with Crippen LogP contribution in [0.25, 0.3) is 0 Å². The van der Waals surface area contributed by atoms with Crippen LogP contribution >= 0.6 is 0 Å². The minimum Gasteiger partial charge on any atom is -0.481 e. The third-order valence-electron chi connectivity index (χ3n) is 6.40. The van der Waals surface area contributed by atoms with Crippen LogP contribution < -0.4 is 0 Å². The summed E-state index contributed by atoms with van der Waals surface area (Å²) < 4.78 is 0. The predicted octanol–water partition coefficient (Wildman–Crippen LogP) is 4.57. The Bertz CT molecular complexity index is 993. The first-order valence-corrected chi connectivity index (χ1v) is 11.5. The molecule has 1 amide bonds. The van der Waals surface area contributed by atoms with Crippen molar-refractivity contribution in [2.24, 2.45) is 0 Å². The molecule has 1 saturated heterocycles. The van der Waals surface area contributed by atoms with Gasteiger partial charge in [-0.05, 0) is 23.1 Å². The van der Waals surface area contributed by atoms with Crippen LogP contribution in [0.3, 0.4) is 0 Å². The van der Waals surface area contributed by atoms with E-state index in [-0.39, 0.29) is 24.3 Å². The molecule has 1 N–H and O–H groups in total. The van der Waals surface area contributed by atoms with Gasteiger partial charge in [0.15, 0.2) is 0 Å². The standard InChI is InChI=1S/C28H30N2O3/c31-26(32)17-16-25(22-10-4-1-5-11-22)29-18-20-30(21-19-29)28(33)27(23-12-6-2-7-13-23)24-14-8-3-9-15-24/h1-15,25,27H,16-21H2,(H,31,32)/t25-/m0/s1. The summed E-state index contributed by atoms with van der Waals surface area (Å²) in [7, 11) is 0. The highest BCUT2D eigenvalue weighted by atomic mass is 16.4. The number of carbonyl (C=O) groups excluding carboxylic acids is 1. The second-order valence-electron chi connectivity index (χ2n) is 8.47. The van der Waals surface area contributed by atoms with Crippen molar-refractivity contribution in [3.05, 3.63) is 108 Å². The zero-order chi connectivity index (χ0) is 23.0. The van der Waals surface area contributed by atoms with Gasteiger partial charge in [0, 0.05) is 38.6 Å². The highest BCUT2D eigenvalue weighted by molar-refractivity contribution is 5.87. The Kier molecular flexibility index (Phi) is 7.53. The lowest BCUT2D eigenvalue weighted by Gasteiger charge is -2.40. The zero-order valence-corrected chi connectivity index (χ0v) is 18.7. The van der Waals surface area contributed by atoms with Crippen LogP contribution in [0.1, 0.15) is 41.5 Å². The number of aliphatic carboxylic acids is 1. The maximum Gasteiger partial charge on any atom is 0.303 e. The highest BCUT2D eigenvalue weighted by Gasteiger charge is 2.32. The largest absolute Gasteiger partial charge is 0.481 e. The normalized spacial score (nSPS) is 15.4. The van der Waals surface area contributed by atoms with E-state index < -0.39 is 5.97 Å². The topological polar surface area (TPSA) is 60.9 Å². The Morgan fingerprint density at radius 3 is 1.61 bits per heavy atom. The molecular weight excluding hydrogens is 412 g/mol. The van der Waals surface area contributed by atoms with Gasteiger partial charge in [-0.25, -0.2) is 0 Å². The van der Waals surface area contributed by atoms with E-state index in [0.29, 0.717) is 19.5 Å². The Morgan fingerprint density at radius 2 is 1.15 bits per heavy atom. The number of hydrogen-bond acceptors (Lipinski definition) is 3. The summed E-state index contributed by atoms with van der Waals surface area (Å²) >= 11 is 0. The zero-order valence-electron chi connectivity index (χ0n) is 18.7. The van der Waals surface area contributed by atoms with E-state index in [0.717, 1.165) is 29.8 Å². The molecule has 33 heavy (non-hydrogen) atoms. The van der Waals surface area contributed by atoms with Gasteiger partial charge in [0.2, 0.25) is 5.91 Å². The molecule has 1 atom stereocenters. The average Bonchev–Trinajstić information content (AvgIpc) is 2.86. The molecule has 4 rings (SSSR count). The number of hydrogen-bond donors (Lipinski definition) is 1. The van der Waals surface area contributed by atoms with Crippen molar-refractivity contribution in [2.75, 3.05) is 26.2 Å². The molecule has 0 bridgehead atoms.